The second kappa shape index (κ2) is 11.2. The molecular formula is C27H33FN6O2. The van der Waals surface area contributed by atoms with Gasteiger partial charge in [-0.05, 0) is 49.4 Å². The number of hydrogen-bond donors (Lipinski definition) is 0. The number of hydrogen-bond acceptors (Lipinski definition) is 7. The van der Waals surface area contributed by atoms with Crippen molar-refractivity contribution >= 4 is 11.7 Å². The maximum Gasteiger partial charge on any atom is 0.227 e. The van der Waals surface area contributed by atoms with Crippen molar-refractivity contribution in [2.24, 2.45) is 5.92 Å². The zero-order valence-electron chi connectivity index (χ0n) is 20.8. The van der Waals surface area contributed by atoms with E-state index in [1.54, 1.807) is 19.1 Å². The Labute approximate surface area is 211 Å². The topological polar surface area (TPSA) is 78.6 Å². The predicted molar refractivity (Wildman–Crippen MR) is 135 cm³/mol. The van der Waals surface area contributed by atoms with Crippen molar-refractivity contribution in [1.29, 1.82) is 0 Å². The number of benzene rings is 1. The average Bonchev–Trinajstić information content (AvgIpc) is 3.39. The quantitative estimate of drug-likeness (QED) is 0.499. The molecule has 0 saturated carbocycles. The molecule has 9 heteroatoms. The van der Waals surface area contributed by atoms with Gasteiger partial charge in [-0.25, -0.2) is 9.37 Å². The molecule has 0 bridgehead atoms. The summed E-state index contributed by atoms with van der Waals surface area (Å²) in [7, 11) is 0. The predicted octanol–water partition coefficient (Wildman–Crippen LogP) is 3.57. The summed E-state index contributed by atoms with van der Waals surface area (Å²) in [6, 6.07) is 10.9. The van der Waals surface area contributed by atoms with Gasteiger partial charge in [0.05, 0.1) is 0 Å². The number of aryl methyl sites for hydroxylation is 2. The normalized spacial score (nSPS) is 19.0. The number of carbonyl (C=O) groups is 1. The Morgan fingerprint density at radius 1 is 1.14 bits per heavy atom. The van der Waals surface area contributed by atoms with E-state index < -0.39 is 0 Å². The van der Waals surface area contributed by atoms with Crippen LogP contribution in [0.5, 0.6) is 0 Å². The number of piperidine rings is 1. The number of nitrogens with zero attached hydrogens (tertiary/aromatic N) is 6. The summed E-state index contributed by atoms with van der Waals surface area (Å²) in [5, 5.41) is 3.96. The Balaban J connectivity index is 1.08. The number of rotatable bonds is 7. The van der Waals surface area contributed by atoms with Crippen molar-refractivity contribution in [3.05, 3.63) is 59.9 Å². The number of carbonyl (C=O) groups excluding carboxylic acids is 1. The Hall–Kier alpha value is -3.33. The van der Waals surface area contributed by atoms with Crippen LogP contribution in [-0.4, -0.2) is 76.6 Å². The number of anilines is 1. The fraction of sp³-hybridized carbons (Fsp3) is 0.481. The maximum absolute atomic E-state index is 13.9. The van der Waals surface area contributed by atoms with Crippen molar-refractivity contribution in [3.8, 4) is 11.4 Å². The second-order valence-corrected chi connectivity index (χ2v) is 9.80. The SMILES string of the molecule is Cc1ccc(-c2noc(CCC(=O)N3CCCC(CN4CCN(c5ccccn5)CC4)C3)n2)cc1F. The van der Waals surface area contributed by atoms with Gasteiger partial charge in [-0.3, -0.25) is 9.69 Å². The fourth-order valence-corrected chi connectivity index (χ4v) is 5.08. The van der Waals surface area contributed by atoms with E-state index in [0.717, 1.165) is 64.5 Å². The first-order valence-electron chi connectivity index (χ1n) is 12.8. The van der Waals surface area contributed by atoms with E-state index in [0.29, 0.717) is 41.6 Å². The van der Waals surface area contributed by atoms with Crippen LogP contribution in [0.2, 0.25) is 0 Å². The molecule has 8 nitrogen and oxygen atoms in total. The van der Waals surface area contributed by atoms with E-state index in [1.165, 1.54) is 6.07 Å². The van der Waals surface area contributed by atoms with Crippen molar-refractivity contribution < 1.29 is 13.7 Å². The molecule has 0 spiro atoms. The second-order valence-electron chi connectivity index (χ2n) is 9.80. The molecule has 2 aliphatic rings. The van der Waals surface area contributed by atoms with Crippen LogP contribution >= 0.6 is 0 Å². The highest BCUT2D eigenvalue weighted by Gasteiger charge is 2.27. The van der Waals surface area contributed by atoms with E-state index in [2.05, 4.69) is 31.0 Å². The molecule has 4 heterocycles. The van der Waals surface area contributed by atoms with Crippen LogP contribution in [0.4, 0.5) is 10.2 Å². The standard InChI is InChI=1S/C27H33FN6O2/c1-20-7-8-22(17-23(20)28)27-30-25(36-31-27)9-10-26(35)34-12-4-5-21(19-34)18-32-13-15-33(16-14-32)24-6-2-3-11-29-24/h2-3,6-8,11,17,21H,4-5,9-10,12-16,18-19H2,1H3. The van der Waals surface area contributed by atoms with E-state index >= 15 is 0 Å². The van der Waals surface area contributed by atoms with Crippen molar-refractivity contribution in [1.82, 2.24) is 24.9 Å². The molecular weight excluding hydrogens is 459 g/mol. The zero-order chi connectivity index (χ0) is 24.9. The highest BCUT2D eigenvalue weighted by molar-refractivity contribution is 5.76. The number of likely N-dealkylation sites (tertiary alicyclic amines) is 1. The lowest BCUT2D eigenvalue weighted by Crippen LogP contribution is -2.50. The van der Waals surface area contributed by atoms with Crippen LogP contribution in [0.1, 0.15) is 30.7 Å². The van der Waals surface area contributed by atoms with Gasteiger partial charge in [-0.2, -0.15) is 4.98 Å². The van der Waals surface area contributed by atoms with Crippen molar-refractivity contribution in [2.45, 2.75) is 32.6 Å². The van der Waals surface area contributed by atoms with Crippen molar-refractivity contribution in [3.63, 3.8) is 0 Å². The monoisotopic (exact) mass is 492 g/mol. The third kappa shape index (κ3) is 5.90. The minimum atomic E-state index is -0.302. The third-order valence-electron chi connectivity index (χ3n) is 7.18. The molecule has 190 valence electrons. The van der Waals surface area contributed by atoms with Crippen LogP contribution in [0, 0.1) is 18.7 Å². The minimum Gasteiger partial charge on any atom is -0.354 e. The summed E-state index contributed by atoms with van der Waals surface area (Å²) in [6.07, 6.45) is 4.76. The van der Waals surface area contributed by atoms with Gasteiger partial charge < -0.3 is 14.3 Å². The summed E-state index contributed by atoms with van der Waals surface area (Å²) < 4.78 is 19.2. The first-order chi connectivity index (χ1) is 17.5. The summed E-state index contributed by atoms with van der Waals surface area (Å²) >= 11 is 0. The average molecular weight is 493 g/mol. The highest BCUT2D eigenvalue weighted by atomic mass is 19.1. The van der Waals surface area contributed by atoms with Crippen LogP contribution in [0.15, 0.2) is 47.1 Å². The zero-order valence-corrected chi connectivity index (χ0v) is 20.8. The molecule has 0 aliphatic carbocycles. The van der Waals surface area contributed by atoms with Crippen molar-refractivity contribution in [2.75, 3.05) is 50.7 Å². The number of pyridine rings is 1. The first-order valence-corrected chi connectivity index (χ1v) is 12.8. The van der Waals surface area contributed by atoms with Gasteiger partial charge in [0, 0.05) is 70.4 Å². The molecule has 2 saturated heterocycles. The Kier molecular flexibility index (Phi) is 7.55. The van der Waals surface area contributed by atoms with Gasteiger partial charge in [-0.1, -0.05) is 23.4 Å². The van der Waals surface area contributed by atoms with Crippen LogP contribution < -0.4 is 4.90 Å². The third-order valence-corrected chi connectivity index (χ3v) is 7.18. The highest BCUT2D eigenvalue weighted by Crippen LogP contribution is 2.22. The molecule has 1 aromatic carbocycles. The lowest BCUT2D eigenvalue weighted by molar-refractivity contribution is -0.133. The largest absolute Gasteiger partial charge is 0.354 e. The molecule has 2 fully saturated rings. The molecule has 2 aliphatic heterocycles. The van der Waals surface area contributed by atoms with Crippen LogP contribution in [0.3, 0.4) is 0 Å². The maximum atomic E-state index is 13.9. The van der Waals surface area contributed by atoms with Gasteiger partial charge in [-0.15, -0.1) is 0 Å². The Bertz CT molecular complexity index is 1160. The number of aromatic nitrogens is 3. The van der Waals surface area contributed by atoms with Gasteiger partial charge in [0.1, 0.15) is 11.6 Å². The summed E-state index contributed by atoms with van der Waals surface area (Å²) in [6.45, 7) is 8.34. The Morgan fingerprint density at radius 3 is 2.78 bits per heavy atom. The molecule has 0 N–H and O–H groups in total. The van der Waals surface area contributed by atoms with Gasteiger partial charge in [0.15, 0.2) is 0 Å². The fourth-order valence-electron chi connectivity index (χ4n) is 5.08. The van der Waals surface area contributed by atoms with Crippen LogP contribution in [0.25, 0.3) is 11.4 Å². The van der Waals surface area contributed by atoms with Gasteiger partial charge >= 0.3 is 0 Å². The Morgan fingerprint density at radius 2 is 2.00 bits per heavy atom. The molecule has 1 atom stereocenters. The number of halogens is 1. The molecule has 0 radical (unpaired) electrons. The molecule has 1 amide bonds. The van der Waals surface area contributed by atoms with Gasteiger partial charge in [0.2, 0.25) is 17.6 Å². The van der Waals surface area contributed by atoms with Gasteiger partial charge in [0.25, 0.3) is 0 Å². The number of amides is 1. The van der Waals surface area contributed by atoms with E-state index in [9.17, 15) is 9.18 Å². The molecule has 3 aromatic rings. The molecule has 36 heavy (non-hydrogen) atoms. The van der Waals surface area contributed by atoms with E-state index in [4.69, 9.17) is 4.52 Å². The lowest BCUT2D eigenvalue weighted by atomic mass is 9.96. The minimum absolute atomic E-state index is 0.126. The lowest BCUT2D eigenvalue weighted by Gasteiger charge is -2.39. The molecule has 5 rings (SSSR count). The van der Waals surface area contributed by atoms with E-state index in [1.807, 2.05) is 23.2 Å². The molecule has 1 unspecified atom stereocenters. The first kappa shape index (κ1) is 24.4. The summed E-state index contributed by atoms with van der Waals surface area (Å²) in [5.41, 5.74) is 1.14. The smallest absolute Gasteiger partial charge is 0.227 e. The number of piperazine rings is 1. The summed E-state index contributed by atoms with van der Waals surface area (Å²) in [5.74, 6) is 2.11. The van der Waals surface area contributed by atoms with Crippen LogP contribution in [-0.2, 0) is 11.2 Å². The molecule has 2 aromatic heterocycles. The van der Waals surface area contributed by atoms with E-state index in [-0.39, 0.29) is 11.7 Å². The summed E-state index contributed by atoms with van der Waals surface area (Å²) in [4.78, 5) is 28.6.